The Balaban J connectivity index is 2.94. The van der Waals surface area contributed by atoms with Gasteiger partial charge in [-0.2, -0.15) is 0 Å². The fourth-order valence-electron chi connectivity index (χ4n) is 2.28. The molecule has 7 heteroatoms. The number of anilines is 1. The van der Waals surface area contributed by atoms with Gasteiger partial charge in [0.1, 0.15) is 0 Å². The number of nitrogens with zero attached hydrogens (tertiary/aromatic N) is 2. The predicted molar refractivity (Wildman–Crippen MR) is 91.2 cm³/mol. The molecule has 23 heavy (non-hydrogen) atoms. The molecule has 1 rings (SSSR count). The number of hydrogen-bond acceptors (Lipinski definition) is 4. The van der Waals surface area contributed by atoms with Gasteiger partial charge in [0.15, 0.2) is 5.78 Å². The number of benzene rings is 1. The Morgan fingerprint density at radius 3 is 1.96 bits per heavy atom. The summed E-state index contributed by atoms with van der Waals surface area (Å²) in [4.78, 5) is 25.0. The molecule has 128 valence electrons. The zero-order valence-corrected chi connectivity index (χ0v) is 14.9. The van der Waals surface area contributed by atoms with Crippen molar-refractivity contribution in [3.05, 3.63) is 29.8 Å². The second kappa shape index (κ2) is 8.10. The molecule has 0 heterocycles. The first kappa shape index (κ1) is 19.2. The van der Waals surface area contributed by atoms with Crippen molar-refractivity contribution in [1.82, 2.24) is 4.90 Å². The van der Waals surface area contributed by atoms with Gasteiger partial charge in [0.2, 0.25) is 15.9 Å². The Kier molecular flexibility index (Phi) is 6.75. The summed E-state index contributed by atoms with van der Waals surface area (Å²) in [5.41, 5.74) is 0.964. The molecule has 6 nitrogen and oxygen atoms in total. The lowest BCUT2D eigenvalue weighted by atomic mass is 10.1. The van der Waals surface area contributed by atoms with Crippen molar-refractivity contribution in [2.45, 2.75) is 27.2 Å². The van der Waals surface area contributed by atoms with Crippen LogP contribution in [0.15, 0.2) is 24.3 Å². The number of sulfonamides is 1. The van der Waals surface area contributed by atoms with Crippen LogP contribution in [0.3, 0.4) is 0 Å². The monoisotopic (exact) mass is 340 g/mol. The van der Waals surface area contributed by atoms with E-state index in [0.717, 1.165) is 6.26 Å². The third-order valence-electron chi connectivity index (χ3n) is 3.61. The van der Waals surface area contributed by atoms with Gasteiger partial charge in [-0.1, -0.05) is 0 Å². The van der Waals surface area contributed by atoms with Crippen LogP contribution in [0, 0.1) is 0 Å². The average molecular weight is 340 g/mol. The summed E-state index contributed by atoms with van der Waals surface area (Å²) in [7, 11) is -3.51. The SMILES string of the molecule is CCN(CC)C(=O)CCN(c1ccc(C(C)=O)cc1)S(C)(=O)=O. The fourth-order valence-corrected chi connectivity index (χ4v) is 3.21. The molecule has 0 aliphatic heterocycles. The molecule has 0 aliphatic carbocycles. The molecule has 0 unspecified atom stereocenters. The predicted octanol–water partition coefficient (Wildman–Crippen LogP) is 1.91. The van der Waals surface area contributed by atoms with Crippen molar-refractivity contribution in [3.63, 3.8) is 0 Å². The van der Waals surface area contributed by atoms with Gasteiger partial charge >= 0.3 is 0 Å². The van der Waals surface area contributed by atoms with Crippen LogP contribution >= 0.6 is 0 Å². The molecule has 0 spiro atoms. The smallest absolute Gasteiger partial charge is 0.232 e. The van der Waals surface area contributed by atoms with E-state index < -0.39 is 10.0 Å². The number of ketones is 1. The Labute approximate surface area is 138 Å². The summed E-state index contributed by atoms with van der Waals surface area (Å²) in [5, 5.41) is 0. The molecular formula is C16H24N2O4S. The minimum absolute atomic E-state index is 0.0770. The van der Waals surface area contributed by atoms with Crippen LogP contribution in [0.25, 0.3) is 0 Å². The molecular weight excluding hydrogens is 316 g/mol. The van der Waals surface area contributed by atoms with Crippen molar-refractivity contribution in [3.8, 4) is 0 Å². The van der Waals surface area contributed by atoms with Crippen LogP contribution in [0.5, 0.6) is 0 Å². The quantitative estimate of drug-likeness (QED) is 0.678. The fraction of sp³-hybridized carbons (Fsp3) is 0.500. The molecule has 1 aromatic rings. The van der Waals surface area contributed by atoms with Crippen molar-refractivity contribution >= 4 is 27.4 Å². The maximum atomic E-state index is 12.1. The Bertz CT molecular complexity index is 649. The van der Waals surface area contributed by atoms with Gasteiger partial charge < -0.3 is 4.90 Å². The molecule has 0 N–H and O–H groups in total. The van der Waals surface area contributed by atoms with Crippen LogP contribution in [0.4, 0.5) is 5.69 Å². The third kappa shape index (κ3) is 5.35. The van der Waals surface area contributed by atoms with Crippen molar-refractivity contribution < 1.29 is 18.0 Å². The van der Waals surface area contributed by atoms with E-state index in [1.54, 1.807) is 29.2 Å². The Morgan fingerprint density at radius 2 is 1.57 bits per heavy atom. The van der Waals surface area contributed by atoms with E-state index in [0.29, 0.717) is 24.3 Å². The second-order valence-electron chi connectivity index (χ2n) is 5.25. The first-order chi connectivity index (χ1) is 10.7. The summed E-state index contributed by atoms with van der Waals surface area (Å²) >= 11 is 0. The van der Waals surface area contributed by atoms with E-state index in [-0.39, 0.29) is 24.7 Å². The Hall–Kier alpha value is -1.89. The molecule has 1 aromatic carbocycles. The van der Waals surface area contributed by atoms with E-state index in [2.05, 4.69) is 0 Å². The van der Waals surface area contributed by atoms with Crippen molar-refractivity contribution in [1.29, 1.82) is 0 Å². The maximum absolute atomic E-state index is 12.1. The van der Waals surface area contributed by atoms with E-state index in [1.807, 2.05) is 13.8 Å². The van der Waals surface area contributed by atoms with E-state index in [4.69, 9.17) is 0 Å². The molecule has 0 aliphatic rings. The van der Waals surface area contributed by atoms with Gasteiger partial charge in [-0.3, -0.25) is 13.9 Å². The van der Waals surface area contributed by atoms with Gasteiger partial charge in [-0.15, -0.1) is 0 Å². The zero-order valence-electron chi connectivity index (χ0n) is 14.1. The molecule has 0 atom stereocenters. The highest BCUT2D eigenvalue weighted by atomic mass is 32.2. The van der Waals surface area contributed by atoms with E-state index >= 15 is 0 Å². The number of Topliss-reactive ketones (excluding diaryl/α,β-unsaturated/α-hetero) is 1. The summed E-state index contributed by atoms with van der Waals surface area (Å²) in [6.45, 7) is 6.50. The number of hydrogen-bond donors (Lipinski definition) is 0. The standard InChI is InChI=1S/C16H24N2O4S/c1-5-17(6-2)16(20)11-12-18(23(4,21)22)15-9-7-14(8-10-15)13(3)19/h7-10H,5-6,11-12H2,1-4H3. The number of carbonyl (C=O) groups excluding carboxylic acids is 2. The summed E-state index contributed by atoms with van der Waals surface area (Å²) in [6, 6.07) is 6.34. The largest absolute Gasteiger partial charge is 0.343 e. The third-order valence-corrected chi connectivity index (χ3v) is 4.80. The number of amides is 1. The normalized spacial score (nSPS) is 11.1. The maximum Gasteiger partial charge on any atom is 0.232 e. The van der Waals surface area contributed by atoms with Gasteiger partial charge in [-0.25, -0.2) is 8.42 Å². The molecule has 1 amide bonds. The molecule has 0 aromatic heterocycles. The van der Waals surface area contributed by atoms with Crippen LogP contribution in [-0.2, 0) is 14.8 Å². The lowest BCUT2D eigenvalue weighted by Crippen LogP contribution is -2.36. The van der Waals surface area contributed by atoms with Crippen molar-refractivity contribution in [2.75, 3.05) is 30.2 Å². The summed E-state index contributed by atoms with van der Waals surface area (Å²) in [6.07, 6.45) is 1.22. The highest BCUT2D eigenvalue weighted by Crippen LogP contribution is 2.19. The average Bonchev–Trinajstić information content (AvgIpc) is 2.47. The van der Waals surface area contributed by atoms with Crippen molar-refractivity contribution in [2.24, 2.45) is 0 Å². The van der Waals surface area contributed by atoms with Crippen LogP contribution in [0.2, 0.25) is 0 Å². The van der Waals surface area contributed by atoms with E-state index in [9.17, 15) is 18.0 Å². The van der Waals surface area contributed by atoms with Gasteiger partial charge in [0.25, 0.3) is 0 Å². The van der Waals surface area contributed by atoms with E-state index in [1.165, 1.54) is 11.2 Å². The van der Waals surface area contributed by atoms with Gasteiger partial charge in [-0.05, 0) is 45.0 Å². The highest BCUT2D eigenvalue weighted by molar-refractivity contribution is 7.92. The van der Waals surface area contributed by atoms with Crippen LogP contribution < -0.4 is 4.31 Å². The first-order valence-electron chi connectivity index (χ1n) is 7.57. The van der Waals surface area contributed by atoms with Crippen LogP contribution in [0.1, 0.15) is 37.6 Å². The summed E-state index contributed by atoms with van der Waals surface area (Å²) in [5.74, 6) is -0.164. The lowest BCUT2D eigenvalue weighted by Gasteiger charge is -2.24. The minimum Gasteiger partial charge on any atom is -0.343 e. The summed E-state index contributed by atoms with van der Waals surface area (Å²) < 4.78 is 25.2. The number of carbonyl (C=O) groups is 2. The molecule has 0 bridgehead atoms. The van der Waals surface area contributed by atoms with Crippen LogP contribution in [-0.4, -0.2) is 50.9 Å². The minimum atomic E-state index is -3.51. The molecule has 0 radical (unpaired) electrons. The van der Waals surface area contributed by atoms with Gasteiger partial charge in [0.05, 0.1) is 11.9 Å². The first-order valence-corrected chi connectivity index (χ1v) is 9.42. The second-order valence-corrected chi connectivity index (χ2v) is 7.16. The molecule has 0 fully saturated rings. The molecule has 0 saturated heterocycles. The number of rotatable bonds is 8. The zero-order chi connectivity index (χ0) is 17.6. The topological polar surface area (TPSA) is 74.8 Å². The lowest BCUT2D eigenvalue weighted by molar-refractivity contribution is -0.130. The molecule has 0 saturated carbocycles. The highest BCUT2D eigenvalue weighted by Gasteiger charge is 2.20. The van der Waals surface area contributed by atoms with Gasteiger partial charge in [0, 0.05) is 31.6 Å². The Morgan fingerprint density at radius 1 is 1.04 bits per heavy atom.